The van der Waals surface area contributed by atoms with Crippen LogP contribution < -0.4 is 10.6 Å². The fraction of sp³-hybridized carbons (Fsp3) is 0.368. The van der Waals surface area contributed by atoms with Crippen LogP contribution in [0.3, 0.4) is 0 Å². The summed E-state index contributed by atoms with van der Waals surface area (Å²) in [6, 6.07) is 8.52. The van der Waals surface area contributed by atoms with Gasteiger partial charge in [0.1, 0.15) is 5.82 Å². The number of hydrogen-bond acceptors (Lipinski definition) is 5. The smallest absolute Gasteiger partial charge is 0.217 e. The third kappa shape index (κ3) is 3.51. The number of fused-ring (bicyclic) bond motifs is 1. The highest BCUT2D eigenvalue weighted by Crippen LogP contribution is 2.23. The van der Waals surface area contributed by atoms with E-state index in [0.717, 1.165) is 48.4 Å². The molecule has 3 heterocycles. The van der Waals surface area contributed by atoms with Crippen molar-refractivity contribution in [1.29, 1.82) is 0 Å². The lowest BCUT2D eigenvalue weighted by Gasteiger charge is -2.29. The van der Waals surface area contributed by atoms with E-state index < -0.39 is 0 Å². The third-order valence-corrected chi connectivity index (χ3v) is 4.82. The molecule has 26 heavy (non-hydrogen) atoms. The van der Waals surface area contributed by atoms with Crippen molar-refractivity contribution in [3.63, 3.8) is 0 Å². The molecule has 3 aromatic rings. The molecule has 7 heteroatoms. The number of carbonyl (C=O) groups excluding carboxylic acids is 1. The van der Waals surface area contributed by atoms with Crippen LogP contribution in [0, 0.1) is 0 Å². The van der Waals surface area contributed by atoms with E-state index in [1.54, 1.807) is 19.3 Å². The van der Waals surface area contributed by atoms with Gasteiger partial charge in [0.2, 0.25) is 5.91 Å². The highest BCUT2D eigenvalue weighted by atomic mass is 16.1. The zero-order chi connectivity index (χ0) is 17.9. The van der Waals surface area contributed by atoms with Gasteiger partial charge in [0, 0.05) is 37.0 Å². The molecule has 2 N–H and O–H groups in total. The summed E-state index contributed by atoms with van der Waals surface area (Å²) >= 11 is 0. The average Bonchev–Trinajstić information content (AvgIpc) is 3.07. The maximum absolute atomic E-state index is 11.2. The molecule has 0 atom stereocenters. The van der Waals surface area contributed by atoms with Crippen LogP contribution in [0.4, 0.5) is 5.82 Å². The van der Waals surface area contributed by atoms with Crippen molar-refractivity contribution in [3.05, 3.63) is 42.9 Å². The van der Waals surface area contributed by atoms with Gasteiger partial charge in [-0.1, -0.05) is 0 Å². The van der Waals surface area contributed by atoms with Crippen LogP contribution in [-0.4, -0.2) is 37.6 Å². The Morgan fingerprint density at radius 3 is 2.54 bits per heavy atom. The van der Waals surface area contributed by atoms with Crippen LogP contribution in [0.5, 0.6) is 0 Å². The Bertz CT molecular complexity index is 899. The molecule has 1 saturated carbocycles. The summed E-state index contributed by atoms with van der Waals surface area (Å²) in [6.07, 6.45) is 9.39. The number of amides is 1. The summed E-state index contributed by atoms with van der Waals surface area (Å²) in [5, 5.41) is 11.3. The van der Waals surface area contributed by atoms with Gasteiger partial charge in [-0.15, -0.1) is 5.10 Å². The zero-order valence-corrected chi connectivity index (χ0v) is 14.7. The van der Waals surface area contributed by atoms with Crippen LogP contribution in [-0.2, 0) is 4.79 Å². The standard InChI is InChI=1S/C19H22N6O/c1-13(26)22-15-2-4-16(5-3-15)23-18-6-7-19-21-12-17(25(19)24-18)14-8-10-20-11-9-14/h6-12,15-16H,2-5H2,1H3,(H,22,26)(H,23,24). The molecule has 0 bridgehead atoms. The minimum Gasteiger partial charge on any atom is -0.366 e. The van der Waals surface area contributed by atoms with Crippen LogP contribution in [0.25, 0.3) is 16.9 Å². The molecular formula is C19H22N6O. The maximum atomic E-state index is 11.2. The van der Waals surface area contributed by atoms with E-state index in [-0.39, 0.29) is 5.91 Å². The highest BCUT2D eigenvalue weighted by molar-refractivity contribution is 5.73. The number of carbonyl (C=O) groups is 1. The zero-order valence-electron chi connectivity index (χ0n) is 14.7. The van der Waals surface area contributed by atoms with Crippen molar-refractivity contribution in [2.75, 3.05) is 5.32 Å². The lowest BCUT2D eigenvalue weighted by Crippen LogP contribution is -2.39. The van der Waals surface area contributed by atoms with Gasteiger partial charge >= 0.3 is 0 Å². The molecule has 0 aromatic carbocycles. The second-order valence-corrected chi connectivity index (χ2v) is 6.76. The first-order chi connectivity index (χ1) is 12.7. The van der Waals surface area contributed by atoms with Crippen molar-refractivity contribution in [2.45, 2.75) is 44.7 Å². The second kappa shape index (κ2) is 7.11. The van der Waals surface area contributed by atoms with Gasteiger partial charge in [-0.05, 0) is 49.9 Å². The number of aromatic nitrogens is 4. The van der Waals surface area contributed by atoms with Crippen molar-refractivity contribution >= 4 is 17.4 Å². The van der Waals surface area contributed by atoms with Crippen molar-refractivity contribution in [1.82, 2.24) is 24.9 Å². The molecule has 3 aromatic heterocycles. The number of rotatable bonds is 4. The van der Waals surface area contributed by atoms with E-state index >= 15 is 0 Å². The molecule has 1 aliphatic carbocycles. The van der Waals surface area contributed by atoms with Gasteiger partial charge in [-0.25, -0.2) is 9.50 Å². The van der Waals surface area contributed by atoms with E-state index in [4.69, 9.17) is 5.10 Å². The summed E-state index contributed by atoms with van der Waals surface area (Å²) in [4.78, 5) is 19.7. The minimum absolute atomic E-state index is 0.0530. The van der Waals surface area contributed by atoms with E-state index in [1.807, 2.05) is 35.0 Å². The molecule has 7 nitrogen and oxygen atoms in total. The summed E-state index contributed by atoms with van der Waals surface area (Å²) in [6.45, 7) is 1.58. The first kappa shape index (κ1) is 16.5. The predicted molar refractivity (Wildman–Crippen MR) is 99.7 cm³/mol. The largest absolute Gasteiger partial charge is 0.366 e. The molecule has 0 spiro atoms. The number of nitrogens with zero attached hydrogens (tertiary/aromatic N) is 4. The van der Waals surface area contributed by atoms with Crippen molar-refractivity contribution in [3.8, 4) is 11.3 Å². The van der Waals surface area contributed by atoms with Crippen molar-refractivity contribution in [2.24, 2.45) is 0 Å². The number of hydrogen-bond donors (Lipinski definition) is 2. The quantitative estimate of drug-likeness (QED) is 0.756. The Morgan fingerprint density at radius 2 is 1.81 bits per heavy atom. The topological polar surface area (TPSA) is 84.2 Å². The number of imidazole rings is 1. The van der Waals surface area contributed by atoms with Gasteiger partial charge in [0.15, 0.2) is 5.65 Å². The van der Waals surface area contributed by atoms with Crippen LogP contribution in [0.2, 0.25) is 0 Å². The molecule has 0 saturated heterocycles. The molecular weight excluding hydrogens is 328 g/mol. The minimum atomic E-state index is 0.0530. The Labute approximate surface area is 151 Å². The summed E-state index contributed by atoms with van der Waals surface area (Å²) in [5.74, 6) is 0.894. The summed E-state index contributed by atoms with van der Waals surface area (Å²) < 4.78 is 1.86. The average molecular weight is 350 g/mol. The van der Waals surface area contributed by atoms with Crippen molar-refractivity contribution < 1.29 is 4.79 Å². The molecule has 1 amide bonds. The number of anilines is 1. The Balaban J connectivity index is 1.49. The summed E-state index contributed by atoms with van der Waals surface area (Å²) in [7, 11) is 0. The lowest BCUT2D eigenvalue weighted by atomic mass is 9.91. The number of pyridine rings is 1. The molecule has 0 radical (unpaired) electrons. The summed E-state index contributed by atoms with van der Waals surface area (Å²) in [5.41, 5.74) is 2.80. The SMILES string of the molecule is CC(=O)NC1CCC(Nc2ccc3ncc(-c4ccncc4)n3n2)CC1. The van der Waals surface area contributed by atoms with Gasteiger partial charge in [-0.3, -0.25) is 9.78 Å². The lowest BCUT2D eigenvalue weighted by molar-refractivity contribution is -0.119. The second-order valence-electron chi connectivity index (χ2n) is 6.76. The number of nitrogens with one attached hydrogen (secondary N) is 2. The third-order valence-electron chi connectivity index (χ3n) is 4.82. The molecule has 0 aliphatic heterocycles. The van der Waals surface area contributed by atoms with E-state index in [1.165, 1.54) is 0 Å². The molecule has 1 aliphatic rings. The first-order valence-electron chi connectivity index (χ1n) is 8.98. The van der Waals surface area contributed by atoms with Crippen LogP contribution >= 0.6 is 0 Å². The van der Waals surface area contributed by atoms with Gasteiger partial charge in [0.25, 0.3) is 0 Å². The predicted octanol–water partition coefficient (Wildman–Crippen LogP) is 2.65. The van der Waals surface area contributed by atoms with Gasteiger partial charge in [-0.2, -0.15) is 0 Å². The Hall–Kier alpha value is -2.96. The van der Waals surface area contributed by atoms with Gasteiger partial charge < -0.3 is 10.6 Å². The van der Waals surface area contributed by atoms with Crippen LogP contribution in [0.1, 0.15) is 32.6 Å². The monoisotopic (exact) mass is 350 g/mol. The normalized spacial score (nSPS) is 20.0. The molecule has 4 rings (SSSR count). The fourth-order valence-corrected chi connectivity index (χ4v) is 3.55. The Morgan fingerprint density at radius 1 is 1.08 bits per heavy atom. The first-order valence-corrected chi connectivity index (χ1v) is 8.98. The molecule has 1 fully saturated rings. The highest BCUT2D eigenvalue weighted by Gasteiger charge is 2.22. The maximum Gasteiger partial charge on any atom is 0.217 e. The van der Waals surface area contributed by atoms with Crippen LogP contribution in [0.15, 0.2) is 42.9 Å². The Kier molecular flexibility index (Phi) is 4.51. The van der Waals surface area contributed by atoms with E-state index in [9.17, 15) is 4.79 Å². The fourth-order valence-electron chi connectivity index (χ4n) is 3.55. The van der Waals surface area contributed by atoms with Gasteiger partial charge in [0.05, 0.1) is 11.9 Å². The molecule has 0 unspecified atom stereocenters. The molecule has 134 valence electrons. The van der Waals surface area contributed by atoms with E-state index in [0.29, 0.717) is 12.1 Å². The van der Waals surface area contributed by atoms with E-state index in [2.05, 4.69) is 20.6 Å².